The molecule has 3 aromatic heterocycles. The van der Waals surface area contributed by atoms with Crippen LogP contribution in [0.3, 0.4) is 0 Å². The van der Waals surface area contributed by atoms with Crippen molar-refractivity contribution in [2.24, 2.45) is 0 Å². The van der Waals surface area contributed by atoms with Crippen molar-refractivity contribution in [2.45, 2.75) is 18.7 Å². The Balaban J connectivity index is 1.77. The van der Waals surface area contributed by atoms with Crippen LogP contribution >= 0.6 is 23.1 Å². The number of nitriles is 1. The lowest BCUT2D eigenvalue weighted by Crippen LogP contribution is -2.03. The first-order chi connectivity index (χ1) is 14.2. The van der Waals surface area contributed by atoms with E-state index in [9.17, 15) is 5.26 Å². The Bertz CT molecular complexity index is 1160. The molecular formula is C21H17N5OS2. The molecule has 0 atom stereocenters. The highest BCUT2D eigenvalue weighted by molar-refractivity contribution is 7.98. The third kappa shape index (κ3) is 4.16. The smallest absolute Gasteiger partial charge is 0.233 e. The largest absolute Gasteiger partial charge is 0.468 e. The number of nitrogens with one attached hydrogen (secondary N) is 1. The second-order valence-corrected chi connectivity index (χ2v) is 7.97. The molecule has 0 fully saturated rings. The zero-order valence-corrected chi connectivity index (χ0v) is 17.5. The Labute approximate surface area is 176 Å². The third-order valence-corrected chi connectivity index (χ3v) is 5.71. The Morgan fingerprint density at radius 3 is 2.69 bits per heavy atom. The molecule has 6 nitrogen and oxygen atoms in total. The van der Waals surface area contributed by atoms with Gasteiger partial charge in [-0.2, -0.15) is 5.26 Å². The van der Waals surface area contributed by atoms with E-state index in [2.05, 4.69) is 26.2 Å². The molecule has 0 aliphatic heterocycles. The highest BCUT2D eigenvalue weighted by Gasteiger charge is 2.17. The van der Waals surface area contributed by atoms with Crippen LogP contribution < -0.4 is 4.74 Å². The molecule has 4 rings (SSSR count). The SMILES string of the molecule is CSc1n[nH]c(COc2nc(-c3cccs3)cc(-c3ccc(C)cc3)c2C#N)n1. The molecular weight excluding hydrogens is 402 g/mol. The van der Waals surface area contributed by atoms with Gasteiger partial charge in [0.25, 0.3) is 0 Å². The van der Waals surface area contributed by atoms with E-state index in [1.165, 1.54) is 11.8 Å². The number of aromatic nitrogens is 4. The molecule has 0 amide bonds. The molecule has 29 heavy (non-hydrogen) atoms. The zero-order valence-electron chi connectivity index (χ0n) is 15.8. The molecule has 0 saturated carbocycles. The van der Waals surface area contributed by atoms with Gasteiger partial charge in [-0.05, 0) is 36.3 Å². The number of thioether (sulfide) groups is 1. The Kier molecular flexibility index (Phi) is 5.60. The van der Waals surface area contributed by atoms with Crippen LogP contribution in [0, 0.1) is 18.3 Å². The van der Waals surface area contributed by atoms with E-state index in [-0.39, 0.29) is 12.5 Å². The summed E-state index contributed by atoms with van der Waals surface area (Å²) in [6.07, 6.45) is 1.90. The number of hydrogen-bond acceptors (Lipinski definition) is 7. The minimum Gasteiger partial charge on any atom is -0.468 e. The van der Waals surface area contributed by atoms with Gasteiger partial charge in [0.15, 0.2) is 5.82 Å². The predicted molar refractivity (Wildman–Crippen MR) is 115 cm³/mol. The molecule has 4 aromatic rings. The molecule has 0 bridgehead atoms. The second kappa shape index (κ2) is 8.47. The van der Waals surface area contributed by atoms with E-state index in [0.29, 0.717) is 16.5 Å². The Morgan fingerprint density at radius 2 is 2.03 bits per heavy atom. The number of aryl methyl sites for hydroxylation is 1. The quantitative estimate of drug-likeness (QED) is 0.439. The van der Waals surface area contributed by atoms with Crippen molar-refractivity contribution in [3.05, 3.63) is 64.8 Å². The van der Waals surface area contributed by atoms with E-state index in [0.717, 1.165) is 27.3 Å². The zero-order chi connectivity index (χ0) is 20.2. The van der Waals surface area contributed by atoms with Crippen LogP contribution in [0.15, 0.2) is 53.0 Å². The topological polar surface area (TPSA) is 87.5 Å². The summed E-state index contributed by atoms with van der Waals surface area (Å²) in [4.78, 5) is 9.97. The van der Waals surface area contributed by atoms with Gasteiger partial charge in [0.05, 0.1) is 10.6 Å². The number of benzene rings is 1. The molecule has 8 heteroatoms. The van der Waals surface area contributed by atoms with E-state index in [4.69, 9.17) is 4.74 Å². The summed E-state index contributed by atoms with van der Waals surface area (Å²) < 4.78 is 5.92. The fraction of sp³-hybridized carbons (Fsp3) is 0.143. The van der Waals surface area contributed by atoms with Crippen LogP contribution in [0.1, 0.15) is 17.0 Å². The molecule has 1 aromatic carbocycles. The van der Waals surface area contributed by atoms with Crippen molar-refractivity contribution in [2.75, 3.05) is 6.26 Å². The van der Waals surface area contributed by atoms with Crippen molar-refractivity contribution < 1.29 is 4.74 Å². The number of rotatable bonds is 6. The Morgan fingerprint density at radius 1 is 1.21 bits per heavy atom. The number of H-pyrrole nitrogens is 1. The summed E-state index contributed by atoms with van der Waals surface area (Å²) >= 11 is 3.04. The standard InChI is InChI=1S/C21H17N5OS2/c1-13-5-7-14(8-6-13)15-10-17(18-4-3-9-29-18)23-20(16(15)11-22)27-12-19-24-21(28-2)26-25-19/h3-10H,12H2,1-2H3,(H,24,25,26). The number of hydrogen-bond donors (Lipinski definition) is 1. The highest BCUT2D eigenvalue weighted by Crippen LogP contribution is 2.35. The van der Waals surface area contributed by atoms with E-state index >= 15 is 0 Å². The summed E-state index contributed by atoms with van der Waals surface area (Å²) in [5.74, 6) is 0.870. The molecule has 0 unspecified atom stereocenters. The first-order valence-corrected chi connectivity index (χ1v) is 10.9. The fourth-order valence-corrected chi connectivity index (χ4v) is 3.84. The fourth-order valence-electron chi connectivity index (χ4n) is 2.82. The van der Waals surface area contributed by atoms with Gasteiger partial charge < -0.3 is 4.74 Å². The molecule has 0 spiro atoms. The van der Waals surface area contributed by atoms with Crippen molar-refractivity contribution in [3.8, 4) is 33.6 Å². The average Bonchev–Trinajstić information content (AvgIpc) is 3.44. The van der Waals surface area contributed by atoms with Gasteiger partial charge in [0, 0.05) is 5.56 Å². The number of thiophene rings is 1. The van der Waals surface area contributed by atoms with Crippen LogP contribution in [-0.2, 0) is 6.61 Å². The minimum absolute atomic E-state index is 0.149. The maximum Gasteiger partial charge on any atom is 0.233 e. The van der Waals surface area contributed by atoms with Gasteiger partial charge in [-0.25, -0.2) is 9.97 Å². The lowest BCUT2D eigenvalue weighted by Gasteiger charge is -2.12. The maximum absolute atomic E-state index is 9.87. The molecule has 3 heterocycles. The molecule has 0 saturated heterocycles. The highest BCUT2D eigenvalue weighted by atomic mass is 32.2. The lowest BCUT2D eigenvalue weighted by atomic mass is 9.99. The summed E-state index contributed by atoms with van der Waals surface area (Å²) in [6, 6.07) is 16.3. The van der Waals surface area contributed by atoms with Crippen LogP contribution in [0.2, 0.25) is 0 Å². The van der Waals surface area contributed by atoms with Gasteiger partial charge >= 0.3 is 0 Å². The van der Waals surface area contributed by atoms with E-state index in [1.807, 2.05) is 61.0 Å². The third-order valence-electron chi connectivity index (χ3n) is 4.27. The van der Waals surface area contributed by atoms with Crippen molar-refractivity contribution >= 4 is 23.1 Å². The van der Waals surface area contributed by atoms with Gasteiger partial charge in [-0.1, -0.05) is 47.7 Å². The van der Waals surface area contributed by atoms with E-state index in [1.54, 1.807) is 11.3 Å². The monoisotopic (exact) mass is 419 g/mol. The van der Waals surface area contributed by atoms with E-state index < -0.39 is 0 Å². The number of aromatic amines is 1. The first kappa shape index (κ1) is 19.2. The minimum atomic E-state index is 0.149. The molecule has 0 aliphatic carbocycles. The van der Waals surface area contributed by atoms with Crippen molar-refractivity contribution in [3.63, 3.8) is 0 Å². The first-order valence-electron chi connectivity index (χ1n) is 8.82. The van der Waals surface area contributed by atoms with Gasteiger partial charge in [0.1, 0.15) is 18.2 Å². The number of ether oxygens (including phenoxy) is 1. The van der Waals surface area contributed by atoms with Crippen LogP contribution in [-0.4, -0.2) is 26.4 Å². The second-order valence-electron chi connectivity index (χ2n) is 6.25. The summed E-state index contributed by atoms with van der Waals surface area (Å²) in [5.41, 5.74) is 4.07. The number of nitrogens with zero attached hydrogens (tertiary/aromatic N) is 4. The van der Waals surface area contributed by atoms with Gasteiger partial charge in [0.2, 0.25) is 11.0 Å². The van der Waals surface area contributed by atoms with Crippen molar-refractivity contribution in [1.82, 2.24) is 20.2 Å². The van der Waals surface area contributed by atoms with Crippen LogP contribution in [0.4, 0.5) is 0 Å². The Hall–Kier alpha value is -3.15. The number of pyridine rings is 1. The summed E-state index contributed by atoms with van der Waals surface area (Å²) in [5, 5.41) is 19.4. The normalized spacial score (nSPS) is 10.7. The summed E-state index contributed by atoms with van der Waals surface area (Å²) in [7, 11) is 0. The van der Waals surface area contributed by atoms with Crippen LogP contribution in [0.25, 0.3) is 21.7 Å². The average molecular weight is 420 g/mol. The molecule has 0 aliphatic rings. The van der Waals surface area contributed by atoms with Crippen LogP contribution in [0.5, 0.6) is 5.88 Å². The lowest BCUT2D eigenvalue weighted by molar-refractivity contribution is 0.284. The van der Waals surface area contributed by atoms with Gasteiger partial charge in [-0.15, -0.1) is 16.4 Å². The molecule has 144 valence electrons. The summed E-state index contributed by atoms with van der Waals surface area (Å²) in [6.45, 7) is 2.18. The molecule has 1 N–H and O–H groups in total. The maximum atomic E-state index is 9.87. The van der Waals surface area contributed by atoms with Crippen molar-refractivity contribution in [1.29, 1.82) is 5.26 Å². The van der Waals surface area contributed by atoms with Gasteiger partial charge in [-0.3, -0.25) is 5.10 Å². The molecule has 0 radical (unpaired) electrons. The predicted octanol–water partition coefficient (Wildman–Crippen LogP) is 5.08.